The molecule has 0 atom stereocenters. The number of carbonyl (C=O) groups excluding carboxylic acids is 2. The molecule has 1 aliphatic rings. The van der Waals surface area contributed by atoms with Crippen molar-refractivity contribution in [2.24, 2.45) is 0 Å². The van der Waals surface area contributed by atoms with Crippen LogP contribution in [0.3, 0.4) is 0 Å². The largest absolute Gasteiger partial charge is 0.329 e. The van der Waals surface area contributed by atoms with Crippen molar-refractivity contribution in [3.05, 3.63) is 92.4 Å². The maximum absolute atomic E-state index is 12.8. The predicted molar refractivity (Wildman–Crippen MR) is 121 cm³/mol. The molecule has 3 aromatic rings. The topological polar surface area (TPSA) is 54.3 Å². The number of benzene rings is 2. The zero-order valence-corrected chi connectivity index (χ0v) is 18.3. The Morgan fingerprint density at radius 2 is 1.76 bits per heavy atom. The molecule has 3 amide bonds. The number of hydrogen-bond acceptors (Lipinski definition) is 2. The van der Waals surface area contributed by atoms with Crippen molar-refractivity contribution in [2.45, 2.75) is 20.4 Å². The van der Waals surface area contributed by atoms with Crippen LogP contribution >= 0.6 is 22.6 Å². The lowest BCUT2D eigenvalue weighted by molar-refractivity contribution is -0.123. The molecule has 2 heterocycles. The monoisotopic (exact) mass is 497 g/mol. The lowest BCUT2D eigenvalue weighted by Crippen LogP contribution is -2.30. The molecule has 1 aromatic heterocycles. The smallest absolute Gasteiger partial charge is 0.318 e. The first-order valence-corrected chi connectivity index (χ1v) is 10.4. The summed E-state index contributed by atoms with van der Waals surface area (Å²) in [5, 5.41) is 2.72. The first kappa shape index (κ1) is 19.4. The van der Waals surface area contributed by atoms with Gasteiger partial charge < -0.3 is 9.88 Å². The first-order chi connectivity index (χ1) is 13.9. The van der Waals surface area contributed by atoms with Crippen molar-refractivity contribution >= 4 is 40.6 Å². The standard InChI is InChI=1S/C23H20IN3O2/c1-15-11-18(16(2)27(15)20-10-6-9-19(24)13-20)12-21-22(28)26(23(29)25-21)14-17-7-4-3-5-8-17/h3-13H,14H2,1-2H3,(H,25,29)/b21-12+. The quantitative estimate of drug-likeness (QED) is 0.320. The van der Waals surface area contributed by atoms with Crippen molar-refractivity contribution in [1.29, 1.82) is 0 Å². The molecule has 5 nitrogen and oxygen atoms in total. The van der Waals surface area contributed by atoms with Crippen LogP contribution in [0, 0.1) is 17.4 Å². The molecule has 1 saturated heterocycles. The van der Waals surface area contributed by atoms with Crippen molar-refractivity contribution in [1.82, 2.24) is 14.8 Å². The molecule has 1 aliphatic heterocycles. The molecule has 0 saturated carbocycles. The van der Waals surface area contributed by atoms with Gasteiger partial charge in [-0.05, 0) is 77.9 Å². The normalized spacial score (nSPS) is 15.3. The average molecular weight is 497 g/mol. The van der Waals surface area contributed by atoms with E-state index in [-0.39, 0.29) is 12.5 Å². The van der Waals surface area contributed by atoms with Crippen molar-refractivity contribution < 1.29 is 9.59 Å². The van der Waals surface area contributed by atoms with E-state index in [4.69, 9.17) is 0 Å². The second-order valence-electron chi connectivity index (χ2n) is 7.01. The summed E-state index contributed by atoms with van der Waals surface area (Å²) in [6, 6.07) is 19.4. The van der Waals surface area contributed by atoms with E-state index in [2.05, 4.69) is 50.7 Å². The van der Waals surface area contributed by atoms with Crippen LogP contribution in [0.15, 0.2) is 66.4 Å². The molecule has 0 bridgehead atoms. The summed E-state index contributed by atoms with van der Waals surface area (Å²) in [6.45, 7) is 4.30. The van der Waals surface area contributed by atoms with E-state index in [1.54, 1.807) is 6.08 Å². The van der Waals surface area contributed by atoms with E-state index in [0.29, 0.717) is 5.70 Å². The van der Waals surface area contributed by atoms with Crippen molar-refractivity contribution in [3.63, 3.8) is 0 Å². The minimum Gasteiger partial charge on any atom is -0.318 e. The minimum atomic E-state index is -0.392. The van der Waals surface area contributed by atoms with Gasteiger partial charge in [-0.2, -0.15) is 0 Å². The number of carbonyl (C=O) groups is 2. The van der Waals surface area contributed by atoms with Crippen molar-refractivity contribution in [2.75, 3.05) is 0 Å². The van der Waals surface area contributed by atoms with Crippen LogP contribution in [0.1, 0.15) is 22.5 Å². The fraction of sp³-hybridized carbons (Fsp3) is 0.130. The summed E-state index contributed by atoms with van der Waals surface area (Å²) in [6.07, 6.45) is 1.76. The van der Waals surface area contributed by atoms with E-state index in [1.807, 2.05) is 56.3 Å². The van der Waals surface area contributed by atoms with Crippen LogP contribution in [0.5, 0.6) is 0 Å². The number of halogens is 1. The zero-order valence-electron chi connectivity index (χ0n) is 16.1. The van der Waals surface area contributed by atoms with Gasteiger partial charge in [0.15, 0.2) is 0 Å². The predicted octanol–water partition coefficient (Wildman–Crippen LogP) is 4.79. The second-order valence-corrected chi connectivity index (χ2v) is 8.25. The molecule has 1 fully saturated rings. The van der Waals surface area contributed by atoms with Crippen LogP contribution in [0.2, 0.25) is 0 Å². The molecule has 1 N–H and O–H groups in total. The molecule has 0 aliphatic carbocycles. The maximum Gasteiger partial charge on any atom is 0.329 e. The Morgan fingerprint density at radius 1 is 1.00 bits per heavy atom. The number of imide groups is 1. The molecule has 2 aromatic carbocycles. The molecule has 146 valence electrons. The van der Waals surface area contributed by atoms with Crippen molar-refractivity contribution in [3.8, 4) is 5.69 Å². The van der Waals surface area contributed by atoms with E-state index in [1.165, 1.54) is 4.90 Å². The number of nitrogens with zero attached hydrogens (tertiary/aromatic N) is 2. The third-order valence-electron chi connectivity index (χ3n) is 4.98. The highest BCUT2D eigenvalue weighted by atomic mass is 127. The van der Waals surface area contributed by atoms with Crippen LogP contribution in [0.25, 0.3) is 11.8 Å². The van der Waals surface area contributed by atoms with Gasteiger partial charge in [0.05, 0.1) is 6.54 Å². The molecular weight excluding hydrogens is 477 g/mol. The number of hydrogen-bond donors (Lipinski definition) is 1. The lowest BCUT2D eigenvalue weighted by Gasteiger charge is -2.11. The molecule has 0 unspecified atom stereocenters. The number of rotatable bonds is 4. The van der Waals surface area contributed by atoms with Crippen LogP contribution in [0.4, 0.5) is 4.79 Å². The number of nitrogens with one attached hydrogen (secondary N) is 1. The van der Waals surface area contributed by atoms with E-state index in [9.17, 15) is 9.59 Å². The molecular formula is C23H20IN3O2. The lowest BCUT2D eigenvalue weighted by atomic mass is 10.2. The highest BCUT2D eigenvalue weighted by Crippen LogP contribution is 2.25. The SMILES string of the molecule is Cc1cc(/C=C2/NC(=O)N(Cc3ccccc3)C2=O)c(C)n1-c1cccc(I)c1. The molecule has 6 heteroatoms. The average Bonchev–Trinajstić information content (AvgIpc) is 3.12. The second kappa shape index (κ2) is 7.87. The summed E-state index contributed by atoms with van der Waals surface area (Å²) >= 11 is 2.30. The zero-order chi connectivity index (χ0) is 20.5. The summed E-state index contributed by atoms with van der Waals surface area (Å²) in [5.41, 5.74) is 5.27. The third kappa shape index (κ3) is 3.85. The van der Waals surface area contributed by atoms with E-state index >= 15 is 0 Å². The number of aryl methyl sites for hydroxylation is 1. The minimum absolute atomic E-state index is 0.254. The summed E-state index contributed by atoms with van der Waals surface area (Å²) in [5.74, 6) is -0.307. The summed E-state index contributed by atoms with van der Waals surface area (Å²) < 4.78 is 3.31. The Labute approximate surface area is 183 Å². The Morgan fingerprint density at radius 3 is 2.48 bits per heavy atom. The maximum atomic E-state index is 12.8. The molecule has 0 spiro atoms. The van der Waals surface area contributed by atoms with E-state index < -0.39 is 6.03 Å². The van der Waals surface area contributed by atoms with Gasteiger partial charge in [-0.25, -0.2) is 4.79 Å². The Kier molecular flexibility index (Phi) is 5.27. The van der Waals surface area contributed by atoms with E-state index in [0.717, 1.165) is 31.8 Å². The highest BCUT2D eigenvalue weighted by Gasteiger charge is 2.33. The van der Waals surface area contributed by atoms with Gasteiger partial charge in [0.1, 0.15) is 5.70 Å². The highest BCUT2D eigenvalue weighted by molar-refractivity contribution is 14.1. The fourth-order valence-corrected chi connectivity index (χ4v) is 4.11. The van der Waals surface area contributed by atoms with Gasteiger partial charge in [-0.1, -0.05) is 36.4 Å². The first-order valence-electron chi connectivity index (χ1n) is 9.27. The number of aromatic nitrogens is 1. The number of urea groups is 1. The third-order valence-corrected chi connectivity index (χ3v) is 5.65. The molecule has 4 rings (SSSR count). The van der Waals surface area contributed by atoms with Gasteiger partial charge >= 0.3 is 6.03 Å². The van der Waals surface area contributed by atoms with Gasteiger partial charge in [0.25, 0.3) is 5.91 Å². The summed E-state index contributed by atoms with van der Waals surface area (Å²) in [4.78, 5) is 26.4. The Balaban J connectivity index is 1.64. The fourth-order valence-electron chi connectivity index (χ4n) is 3.58. The van der Waals surface area contributed by atoms with Gasteiger partial charge in [-0.15, -0.1) is 0 Å². The summed E-state index contributed by atoms with van der Waals surface area (Å²) in [7, 11) is 0. The van der Waals surface area contributed by atoms with Gasteiger partial charge in [0, 0.05) is 20.6 Å². The van der Waals surface area contributed by atoms with Crippen LogP contribution in [-0.4, -0.2) is 21.4 Å². The number of amides is 3. The Bertz CT molecular complexity index is 1130. The van der Waals surface area contributed by atoms with Gasteiger partial charge in [0.2, 0.25) is 0 Å². The van der Waals surface area contributed by atoms with Crippen LogP contribution in [-0.2, 0) is 11.3 Å². The molecule has 0 radical (unpaired) electrons. The van der Waals surface area contributed by atoms with Crippen LogP contribution < -0.4 is 5.32 Å². The molecule has 29 heavy (non-hydrogen) atoms. The Hall–Kier alpha value is -2.87. The van der Waals surface area contributed by atoms with Gasteiger partial charge in [-0.3, -0.25) is 9.69 Å².